The molecule has 1 amide bonds. The zero-order valence-corrected chi connectivity index (χ0v) is 14.6. The molecule has 2 aromatic rings. The molecule has 0 fully saturated rings. The summed E-state index contributed by atoms with van der Waals surface area (Å²) in [5.74, 6) is -0.475. The van der Waals surface area contributed by atoms with Crippen LogP contribution in [0.2, 0.25) is 0 Å². The Labute approximate surface area is 146 Å². The van der Waals surface area contributed by atoms with Crippen molar-refractivity contribution in [1.29, 1.82) is 0 Å². The Morgan fingerprint density at radius 1 is 1.29 bits per heavy atom. The first-order chi connectivity index (χ1) is 11.5. The topological polar surface area (TPSA) is 64.6 Å². The van der Waals surface area contributed by atoms with Crippen LogP contribution in [0.3, 0.4) is 0 Å². The van der Waals surface area contributed by atoms with Gasteiger partial charge in [-0.05, 0) is 47.1 Å². The number of anilines is 1. The van der Waals surface area contributed by atoms with Crippen molar-refractivity contribution in [2.45, 2.75) is 13.0 Å². The molecule has 0 heterocycles. The fourth-order valence-electron chi connectivity index (χ4n) is 1.93. The number of para-hydroxylation sites is 1. The number of carbonyl (C=O) groups is 2. The Balaban J connectivity index is 2.17. The van der Waals surface area contributed by atoms with Crippen molar-refractivity contribution >= 4 is 33.8 Å². The molecule has 0 unspecified atom stereocenters. The molecule has 1 atom stereocenters. The number of benzene rings is 2. The minimum absolute atomic E-state index is 0.0642. The van der Waals surface area contributed by atoms with Gasteiger partial charge in [0.05, 0.1) is 12.8 Å². The highest BCUT2D eigenvalue weighted by Crippen LogP contribution is 2.33. The van der Waals surface area contributed by atoms with Gasteiger partial charge in [-0.2, -0.15) is 0 Å². The van der Waals surface area contributed by atoms with Crippen molar-refractivity contribution in [3.63, 3.8) is 0 Å². The molecule has 0 bridgehead atoms. The molecule has 0 spiro atoms. The zero-order valence-electron chi connectivity index (χ0n) is 13.0. The number of hydrogen-bond donors (Lipinski definition) is 1. The predicted molar refractivity (Wildman–Crippen MR) is 91.2 cm³/mol. The Kier molecular flexibility index (Phi) is 5.92. The summed E-state index contributed by atoms with van der Waals surface area (Å²) in [4.78, 5) is 23.2. The number of aldehydes is 1. The Bertz CT molecular complexity index is 766. The van der Waals surface area contributed by atoms with E-state index in [2.05, 4.69) is 21.2 Å². The summed E-state index contributed by atoms with van der Waals surface area (Å²) in [5, 5.41) is 2.45. The third-order valence-electron chi connectivity index (χ3n) is 3.21. The molecule has 0 saturated heterocycles. The van der Waals surface area contributed by atoms with E-state index in [-0.39, 0.29) is 11.4 Å². The Morgan fingerprint density at radius 3 is 2.62 bits per heavy atom. The molecule has 0 aliphatic carbocycles. The third kappa shape index (κ3) is 4.11. The quantitative estimate of drug-likeness (QED) is 0.755. The lowest BCUT2D eigenvalue weighted by atomic mass is 10.2. The van der Waals surface area contributed by atoms with E-state index in [9.17, 15) is 14.0 Å². The monoisotopic (exact) mass is 395 g/mol. The molecular formula is C17H15BrFNO4. The van der Waals surface area contributed by atoms with Crippen molar-refractivity contribution in [1.82, 2.24) is 0 Å². The summed E-state index contributed by atoms with van der Waals surface area (Å²) in [5.41, 5.74) is 0.418. The largest absolute Gasteiger partial charge is 0.493 e. The second-order valence-corrected chi connectivity index (χ2v) is 5.73. The molecular weight excluding hydrogens is 381 g/mol. The molecule has 0 saturated carbocycles. The van der Waals surface area contributed by atoms with Crippen LogP contribution in [0.15, 0.2) is 40.9 Å². The van der Waals surface area contributed by atoms with Crippen LogP contribution in [-0.2, 0) is 4.79 Å². The molecule has 1 N–H and O–H groups in total. The molecule has 0 aliphatic rings. The van der Waals surface area contributed by atoms with E-state index in [1.165, 1.54) is 38.3 Å². The minimum Gasteiger partial charge on any atom is -0.493 e. The highest BCUT2D eigenvalue weighted by molar-refractivity contribution is 9.10. The molecule has 24 heavy (non-hydrogen) atoms. The number of methoxy groups -OCH3 is 1. The van der Waals surface area contributed by atoms with Crippen LogP contribution in [0.25, 0.3) is 0 Å². The van der Waals surface area contributed by atoms with Crippen molar-refractivity contribution < 1.29 is 23.5 Å². The smallest absolute Gasteiger partial charge is 0.265 e. The maximum absolute atomic E-state index is 13.6. The number of halogens is 2. The predicted octanol–water partition coefficient (Wildman–Crippen LogP) is 3.82. The summed E-state index contributed by atoms with van der Waals surface area (Å²) in [6.45, 7) is 1.51. The van der Waals surface area contributed by atoms with Crippen LogP contribution >= 0.6 is 15.9 Å². The standard InChI is InChI=1S/C17H15BrFNO4/c1-10(17(22)20-14-6-4-3-5-13(14)19)24-16-7-11(9-21)12(18)8-15(16)23-2/h3-10H,1-2H3,(H,20,22)/t10-/m0/s1. The fraction of sp³-hybridized carbons (Fsp3) is 0.176. The van der Waals surface area contributed by atoms with E-state index in [1.807, 2.05) is 0 Å². The van der Waals surface area contributed by atoms with E-state index in [0.717, 1.165) is 0 Å². The molecule has 2 rings (SSSR count). The number of hydrogen-bond acceptors (Lipinski definition) is 4. The number of carbonyl (C=O) groups excluding carboxylic acids is 2. The summed E-state index contributed by atoms with van der Waals surface area (Å²) in [7, 11) is 1.44. The van der Waals surface area contributed by atoms with Crippen LogP contribution in [0, 0.1) is 5.82 Å². The van der Waals surface area contributed by atoms with Crippen molar-refractivity contribution in [2.24, 2.45) is 0 Å². The molecule has 2 aromatic carbocycles. The summed E-state index contributed by atoms with van der Waals surface area (Å²) >= 11 is 3.24. The summed E-state index contributed by atoms with van der Waals surface area (Å²) in [6, 6.07) is 8.86. The van der Waals surface area contributed by atoms with Gasteiger partial charge >= 0.3 is 0 Å². The normalized spacial score (nSPS) is 11.5. The van der Waals surface area contributed by atoms with Crippen LogP contribution < -0.4 is 14.8 Å². The number of rotatable bonds is 6. The van der Waals surface area contributed by atoms with Crippen LogP contribution in [0.1, 0.15) is 17.3 Å². The van der Waals surface area contributed by atoms with Crippen LogP contribution in [0.4, 0.5) is 10.1 Å². The second kappa shape index (κ2) is 7.92. The van der Waals surface area contributed by atoms with Gasteiger partial charge in [-0.1, -0.05) is 12.1 Å². The Morgan fingerprint density at radius 2 is 2.00 bits per heavy atom. The molecule has 126 valence electrons. The lowest BCUT2D eigenvalue weighted by Gasteiger charge is -2.17. The minimum atomic E-state index is -0.931. The van der Waals surface area contributed by atoms with Crippen molar-refractivity contribution in [3.8, 4) is 11.5 Å². The zero-order chi connectivity index (χ0) is 17.7. The highest BCUT2D eigenvalue weighted by Gasteiger charge is 2.19. The van der Waals surface area contributed by atoms with E-state index in [4.69, 9.17) is 9.47 Å². The van der Waals surface area contributed by atoms with Gasteiger partial charge in [0.15, 0.2) is 23.9 Å². The molecule has 7 heteroatoms. The van der Waals surface area contributed by atoms with Crippen molar-refractivity contribution in [3.05, 3.63) is 52.3 Å². The van der Waals surface area contributed by atoms with Crippen LogP contribution in [-0.4, -0.2) is 25.4 Å². The number of ether oxygens (including phenoxy) is 2. The third-order valence-corrected chi connectivity index (χ3v) is 3.90. The second-order valence-electron chi connectivity index (χ2n) is 4.87. The SMILES string of the molecule is COc1cc(Br)c(C=O)cc1O[C@@H](C)C(=O)Nc1ccccc1F. The van der Waals surface area contributed by atoms with E-state index in [0.29, 0.717) is 22.1 Å². The van der Waals surface area contributed by atoms with Gasteiger partial charge in [0.1, 0.15) is 5.82 Å². The van der Waals surface area contributed by atoms with E-state index in [1.54, 1.807) is 12.1 Å². The lowest BCUT2D eigenvalue weighted by Crippen LogP contribution is -2.30. The maximum atomic E-state index is 13.6. The first kappa shape index (κ1) is 17.9. The Hall–Kier alpha value is -2.41. The summed E-state index contributed by atoms with van der Waals surface area (Å²) < 4.78 is 24.9. The first-order valence-corrected chi connectivity index (χ1v) is 7.80. The average molecular weight is 396 g/mol. The van der Waals surface area contributed by atoms with Gasteiger partial charge < -0.3 is 14.8 Å². The molecule has 0 aromatic heterocycles. The van der Waals surface area contributed by atoms with Gasteiger partial charge in [-0.25, -0.2) is 4.39 Å². The average Bonchev–Trinajstić information content (AvgIpc) is 2.57. The van der Waals surface area contributed by atoms with Crippen molar-refractivity contribution in [2.75, 3.05) is 12.4 Å². The first-order valence-electron chi connectivity index (χ1n) is 7.01. The molecule has 0 radical (unpaired) electrons. The number of amides is 1. The summed E-state index contributed by atoms with van der Waals surface area (Å²) in [6.07, 6.45) is -0.278. The fourth-order valence-corrected chi connectivity index (χ4v) is 2.35. The molecule has 5 nitrogen and oxygen atoms in total. The highest BCUT2D eigenvalue weighted by atomic mass is 79.9. The van der Waals surface area contributed by atoms with Gasteiger partial charge in [-0.15, -0.1) is 0 Å². The molecule has 0 aliphatic heterocycles. The number of nitrogens with one attached hydrogen (secondary N) is 1. The van der Waals surface area contributed by atoms with Gasteiger partial charge in [0.25, 0.3) is 5.91 Å². The van der Waals surface area contributed by atoms with Gasteiger partial charge in [0.2, 0.25) is 0 Å². The van der Waals surface area contributed by atoms with Gasteiger partial charge in [-0.3, -0.25) is 9.59 Å². The maximum Gasteiger partial charge on any atom is 0.265 e. The lowest BCUT2D eigenvalue weighted by molar-refractivity contribution is -0.122. The van der Waals surface area contributed by atoms with E-state index < -0.39 is 17.8 Å². The van der Waals surface area contributed by atoms with Gasteiger partial charge in [0, 0.05) is 10.0 Å². The van der Waals surface area contributed by atoms with E-state index >= 15 is 0 Å². The van der Waals surface area contributed by atoms with Crippen LogP contribution in [0.5, 0.6) is 11.5 Å².